The molecule has 0 aliphatic rings. The highest BCUT2D eigenvalue weighted by molar-refractivity contribution is 5.48. The Hall–Kier alpha value is -2.03. The van der Waals surface area contributed by atoms with E-state index in [0.29, 0.717) is 6.54 Å². The van der Waals surface area contributed by atoms with E-state index in [4.69, 9.17) is 4.74 Å². The van der Waals surface area contributed by atoms with Gasteiger partial charge < -0.3 is 10.1 Å². The van der Waals surface area contributed by atoms with Gasteiger partial charge in [-0.25, -0.2) is 4.39 Å². The first-order valence-corrected chi connectivity index (χ1v) is 6.49. The van der Waals surface area contributed by atoms with Crippen LogP contribution in [0.25, 0.3) is 0 Å². The molecule has 0 saturated heterocycles. The van der Waals surface area contributed by atoms with Crippen LogP contribution in [0.3, 0.4) is 0 Å². The van der Waals surface area contributed by atoms with E-state index in [0.717, 1.165) is 30.0 Å². The number of benzene rings is 2. The summed E-state index contributed by atoms with van der Waals surface area (Å²) in [5.74, 6) is 0.657. The topological polar surface area (TPSA) is 21.3 Å². The molecule has 0 aromatic heterocycles. The second kappa shape index (κ2) is 6.78. The van der Waals surface area contributed by atoms with Gasteiger partial charge in [0.05, 0.1) is 6.61 Å². The molecule has 100 valence electrons. The second-order valence-electron chi connectivity index (χ2n) is 4.36. The van der Waals surface area contributed by atoms with E-state index in [2.05, 4.69) is 12.2 Å². The lowest BCUT2D eigenvalue weighted by atomic mass is 10.2. The molecule has 2 aromatic carbocycles. The third-order valence-electron chi connectivity index (χ3n) is 2.72. The average molecular weight is 259 g/mol. The lowest BCUT2D eigenvalue weighted by Crippen LogP contribution is -2.00. The zero-order valence-electron chi connectivity index (χ0n) is 11.0. The van der Waals surface area contributed by atoms with Gasteiger partial charge in [-0.2, -0.15) is 0 Å². The predicted molar refractivity (Wildman–Crippen MR) is 76.0 cm³/mol. The molecule has 19 heavy (non-hydrogen) atoms. The van der Waals surface area contributed by atoms with E-state index in [1.54, 1.807) is 12.1 Å². The largest absolute Gasteiger partial charge is 0.494 e. The predicted octanol–water partition coefficient (Wildman–Crippen LogP) is 4.23. The minimum Gasteiger partial charge on any atom is -0.494 e. The van der Waals surface area contributed by atoms with E-state index < -0.39 is 0 Å². The maximum atomic E-state index is 12.8. The molecule has 2 rings (SSSR count). The van der Waals surface area contributed by atoms with Crippen LogP contribution in [-0.4, -0.2) is 6.61 Å². The summed E-state index contributed by atoms with van der Waals surface area (Å²) in [6.45, 7) is 3.47. The van der Waals surface area contributed by atoms with Gasteiger partial charge in [0.15, 0.2) is 0 Å². The van der Waals surface area contributed by atoms with Crippen LogP contribution in [0.1, 0.15) is 18.9 Å². The number of nitrogens with one attached hydrogen (secondary N) is 1. The zero-order valence-corrected chi connectivity index (χ0v) is 11.0. The van der Waals surface area contributed by atoms with Crippen LogP contribution < -0.4 is 10.1 Å². The van der Waals surface area contributed by atoms with Gasteiger partial charge >= 0.3 is 0 Å². The Kier molecular flexibility index (Phi) is 4.78. The van der Waals surface area contributed by atoms with Gasteiger partial charge in [0, 0.05) is 18.3 Å². The summed E-state index contributed by atoms with van der Waals surface area (Å²) in [7, 11) is 0. The van der Waals surface area contributed by atoms with Crippen molar-refractivity contribution >= 4 is 5.69 Å². The van der Waals surface area contributed by atoms with Gasteiger partial charge in [-0.05, 0) is 36.2 Å². The lowest BCUT2D eigenvalue weighted by Gasteiger charge is -2.09. The number of hydrogen-bond donors (Lipinski definition) is 1. The summed E-state index contributed by atoms with van der Waals surface area (Å²) >= 11 is 0. The highest BCUT2D eigenvalue weighted by Gasteiger charge is 1.98. The Bertz CT molecular complexity index is 510. The summed E-state index contributed by atoms with van der Waals surface area (Å²) < 4.78 is 18.4. The smallest absolute Gasteiger partial charge is 0.123 e. The molecule has 3 heteroatoms. The van der Waals surface area contributed by atoms with Crippen molar-refractivity contribution in [2.24, 2.45) is 0 Å². The molecule has 0 fully saturated rings. The molecule has 0 bridgehead atoms. The summed E-state index contributed by atoms with van der Waals surface area (Å²) in [4.78, 5) is 0. The maximum Gasteiger partial charge on any atom is 0.123 e. The van der Waals surface area contributed by atoms with Gasteiger partial charge in [-0.3, -0.25) is 0 Å². The first kappa shape index (κ1) is 13.4. The Morgan fingerprint density at radius 1 is 1.11 bits per heavy atom. The third kappa shape index (κ3) is 4.28. The van der Waals surface area contributed by atoms with Crippen LogP contribution >= 0.6 is 0 Å². The standard InChI is InChI=1S/C16H18FNO/c1-2-10-19-16-5-3-4-15(11-16)18-12-13-6-8-14(17)9-7-13/h3-9,11,18H,2,10,12H2,1H3. The molecule has 0 spiro atoms. The highest BCUT2D eigenvalue weighted by atomic mass is 19.1. The highest BCUT2D eigenvalue weighted by Crippen LogP contribution is 2.18. The molecule has 0 amide bonds. The van der Waals surface area contributed by atoms with Crippen LogP contribution in [-0.2, 0) is 6.54 Å². The molecule has 1 N–H and O–H groups in total. The molecule has 0 atom stereocenters. The fourth-order valence-corrected chi connectivity index (χ4v) is 1.72. The summed E-state index contributed by atoms with van der Waals surface area (Å²) in [6, 6.07) is 14.4. The summed E-state index contributed by atoms with van der Waals surface area (Å²) in [5, 5.41) is 3.29. The van der Waals surface area contributed by atoms with Gasteiger partial charge in [0.25, 0.3) is 0 Å². The van der Waals surface area contributed by atoms with Gasteiger partial charge in [-0.15, -0.1) is 0 Å². The number of hydrogen-bond acceptors (Lipinski definition) is 2. The Labute approximate surface area is 113 Å². The Morgan fingerprint density at radius 3 is 2.63 bits per heavy atom. The first-order chi connectivity index (χ1) is 9.28. The van der Waals surface area contributed by atoms with Gasteiger partial charge in [0.2, 0.25) is 0 Å². The average Bonchev–Trinajstić information content (AvgIpc) is 2.45. The van der Waals surface area contributed by atoms with Crippen molar-refractivity contribution in [2.75, 3.05) is 11.9 Å². The van der Waals surface area contributed by atoms with E-state index in [1.165, 1.54) is 12.1 Å². The fraction of sp³-hybridized carbons (Fsp3) is 0.250. The minimum atomic E-state index is -0.210. The van der Waals surface area contributed by atoms with E-state index in [1.807, 2.05) is 24.3 Å². The van der Waals surface area contributed by atoms with E-state index >= 15 is 0 Å². The van der Waals surface area contributed by atoms with E-state index in [-0.39, 0.29) is 5.82 Å². The van der Waals surface area contributed by atoms with Crippen molar-refractivity contribution in [1.29, 1.82) is 0 Å². The Morgan fingerprint density at radius 2 is 1.89 bits per heavy atom. The number of rotatable bonds is 6. The first-order valence-electron chi connectivity index (χ1n) is 6.49. The van der Waals surface area contributed by atoms with Crippen molar-refractivity contribution in [3.05, 3.63) is 59.9 Å². The molecular formula is C16H18FNO. The van der Waals surface area contributed by atoms with Crippen LogP contribution in [0.5, 0.6) is 5.75 Å². The summed E-state index contributed by atoms with van der Waals surface area (Å²) in [5.41, 5.74) is 2.04. The molecule has 0 saturated carbocycles. The lowest BCUT2D eigenvalue weighted by molar-refractivity contribution is 0.317. The number of ether oxygens (including phenoxy) is 1. The maximum absolute atomic E-state index is 12.8. The summed E-state index contributed by atoms with van der Waals surface area (Å²) in [6.07, 6.45) is 0.993. The minimum absolute atomic E-state index is 0.210. The number of halogens is 1. The molecule has 0 aliphatic heterocycles. The number of anilines is 1. The monoisotopic (exact) mass is 259 g/mol. The SMILES string of the molecule is CCCOc1cccc(NCc2ccc(F)cc2)c1. The Balaban J connectivity index is 1.93. The van der Waals surface area contributed by atoms with Crippen LogP contribution in [0.15, 0.2) is 48.5 Å². The second-order valence-corrected chi connectivity index (χ2v) is 4.36. The van der Waals surface area contributed by atoms with Crippen molar-refractivity contribution < 1.29 is 9.13 Å². The van der Waals surface area contributed by atoms with Crippen LogP contribution in [0, 0.1) is 5.82 Å². The van der Waals surface area contributed by atoms with Gasteiger partial charge in [-0.1, -0.05) is 25.1 Å². The quantitative estimate of drug-likeness (QED) is 0.838. The van der Waals surface area contributed by atoms with Gasteiger partial charge in [0.1, 0.15) is 11.6 Å². The third-order valence-corrected chi connectivity index (χ3v) is 2.72. The molecule has 2 nitrogen and oxygen atoms in total. The molecule has 0 radical (unpaired) electrons. The normalized spacial score (nSPS) is 10.2. The molecule has 0 heterocycles. The molecule has 2 aromatic rings. The van der Waals surface area contributed by atoms with Crippen molar-refractivity contribution in [2.45, 2.75) is 19.9 Å². The van der Waals surface area contributed by atoms with Crippen molar-refractivity contribution in [3.63, 3.8) is 0 Å². The van der Waals surface area contributed by atoms with Crippen molar-refractivity contribution in [3.8, 4) is 5.75 Å². The molecular weight excluding hydrogens is 241 g/mol. The van der Waals surface area contributed by atoms with Crippen LogP contribution in [0.4, 0.5) is 10.1 Å². The zero-order chi connectivity index (χ0) is 13.5. The van der Waals surface area contributed by atoms with Crippen molar-refractivity contribution in [1.82, 2.24) is 0 Å². The fourth-order valence-electron chi connectivity index (χ4n) is 1.72. The van der Waals surface area contributed by atoms with E-state index in [9.17, 15) is 4.39 Å². The molecule has 0 unspecified atom stereocenters. The van der Waals surface area contributed by atoms with Crippen LogP contribution in [0.2, 0.25) is 0 Å². The molecule has 0 aliphatic carbocycles.